The van der Waals surface area contributed by atoms with Gasteiger partial charge in [0.2, 0.25) is 0 Å². The number of hydrogen-bond donors (Lipinski definition) is 1. The lowest BCUT2D eigenvalue weighted by atomic mass is 10.1. The van der Waals surface area contributed by atoms with Crippen molar-refractivity contribution in [3.63, 3.8) is 0 Å². The number of fused-ring (bicyclic) bond motifs is 4. The van der Waals surface area contributed by atoms with Gasteiger partial charge < -0.3 is 4.98 Å². The van der Waals surface area contributed by atoms with E-state index in [0.29, 0.717) is 0 Å². The number of hydrogen-bond acceptors (Lipinski definition) is 3. The van der Waals surface area contributed by atoms with Gasteiger partial charge in [0.1, 0.15) is 5.65 Å². The number of rotatable bonds is 1. The first-order chi connectivity index (χ1) is 11.3. The van der Waals surface area contributed by atoms with Gasteiger partial charge in [-0.05, 0) is 29.8 Å². The number of benzene rings is 1. The van der Waals surface area contributed by atoms with Gasteiger partial charge >= 0.3 is 0 Å². The molecule has 0 saturated carbocycles. The molecule has 0 aliphatic rings. The minimum atomic E-state index is 0.877. The lowest BCUT2D eigenvalue weighted by molar-refractivity contribution is 0.799. The van der Waals surface area contributed by atoms with Gasteiger partial charge in [0.15, 0.2) is 0 Å². The molecule has 0 spiro atoms. The van der Waals surface area contributed by atoms with E-state index in [1.807, 2.05) is 42.5 Å². The van der Waals surface area contributed by atoms with Crippen LogP contribution in [-0.4, -0.2) is 24.7 Å². The molecule has 0 aliphatic heterocycles. The zero-order chi connectivity index (χ0) is 15.4. The SMILES string of the molecule is Cn1ncc2cnc3[nH]c(-c4ccc5ncccc5c4)cc3c21. The van der Waals surface area contributed by atoms with Gasteiger partial charge in [-0.1, -0.05) is 12.1 Å². The van der Waals surface area contributed by atoms with Crippen molar-refractivity contribution in [1.29, 1.82) is 0 Å². The zero-order valence-electron chi connectivity index (χ0n) is 12.5. The molecule has 0 bridgehead atoms. The predicted molar refractivity (Wildman–Crippen MR) is 91.1 cm³/mol. The van der Waals surface area contributed by atoms with Crippen LogP contribution < -0.4 is 0 Å². The Morgan fingerprint density at radius 3 is 2.91 bits per heavy atom. The van der Waals surface area contributed by atoms with Gasteiger partial charge in [-0.3, -0.25) is 9.67 Å². The molecule has 4 aromatic heterocycles. The summed E-state index contributed by atoms with van der Waals surface area (Å²) in [5.74, 6) is 0. The lowest BCUT2D eigenvalue weighted by Gasteiger charge is -2.00. The van der Waals surface area contributed by atoms with Crippen LogP contribution >= 0.6 is 0 Å². The monoisotopic (exact) mass is 299 g/mol. The summed E-state index contributed by atoms with van der Waals surface area (Å²) in [5.41, 5.74) is 5.15. The second-order valence-electron chi connectivity index (χ2n) is 5.69. The highest BCUT2D eigenvalue weighted by molar-refractivity contribution is 6.04. The number of nitrogens with one attached hydrogen (secondary N) is 1. The molecule has 0 fully saturated rings. The molecule has 1 aromatic carbocycles. The average molecular weight is 299 g/mol. The van der Waals surface area contributed by atoms with Crippen molar-refractivity contribution in [2.45, 2.75) is 0 Å². The fourth-order valence-corrected chi connectivity index (χ4v) is 3.14. The summed E-state index contributed by atoms with van der Waals surface area (Å²) in [7, 11) is 1.95. The van der Waals surface area contributed by atoms with E-state index in [9.17, 15) is 0 Å². The van der Waals surface area contributed by atoms with E-state index in [4.69, 9.17) is 0 Å². The molecule has 5 aromatic rings. The third kappa shape index (κ3) is 1.76. The minimum Gasteiger partial charge on any atom is -0.339 e. The van der Waals surface area contributed by atoms with E-state index >= 15 is 0 Å². The molecule has 5 heteroatoms. The van der Waals surface area contributed by atoms with Crippen LogP contribution in [0.4, 0.5) is 0 Å². The molecule has 0 atom stereocenters. The van der Waals surface area contributed by atoms with Crippen molar-refractivity contribution in [2.24, 2.45) is 7.05 Å². The van der Waals surface area contributed by atoms with Gasteiger partial charge in [0.05, 0.1) is 17.2 Å². The molecule has 0 radical (unpaired) electrons. The van der Waals surface area contributed by atoms with Crippen LogP contribution in [0.1, 0.15) is 0 Å². The van der Waals surface area contributed by atoms with Crippen LogP contribution in [0.25, 0.3) is 44.1 Å². The summed E-state index contributed by atoms with van der Waals surface area (Å²) in [5, 5.41) is 7.59. The van der Waals surface area contributed by atoms with Crippen LogP contribution in [0, 0.1) is 0 Å². The lowest BCUT2D eigenvalue weighted by Crippen LogP contribution is -1.89. The van der Waals surface area contributed by atoms with Gasteiger partial charge in [-0.2, -0.15) is 5.10 Å². The number of aryl methyl sites for hydroxylation is 1. The molecular formula is C18H13N5. The second kappa shape index (κ2) is 4.39. The van der Waals surface area contributed by atoms with Gasteiger partial charge in [0.25, 0.3) is 0 Å². The standard InChI is InChI=1S/C18H13N5/c1-23-17-13(10-21-23)9-20-18-14(17)8-16(22-18)12-4-5-15-11(7-12)3-2-6-19-15/h2-10H,1H3,(H,20,22). The van der Waals surface area contributed by atoms with Crippen molar-refractivity contribution in [1.82, 2.24) is 24.7 Å². The first kappa shape index (κ1) is 12.3. The Kier molecular flexibility index (Phi) is 2.36. The third-order valence-corrected chi connectivity index (χ3v) is 4.27. The maximum Gasteiger partial charge on any atom is 0.139 e. The Morgan fingerprint density at radius 1 is 1.00 bits per heavy atom. The smallest absolute Gasteiger partial charge is 0.139 e. The summed E-state index contributed by atoms with van der Waals surface area (Å²) < 4.78 is 1.89. The number of pyridine rings is 2. The molecule has 5 rings (SSSR count). The Hall–Kier alpha value is -3.21. The predicted octanol–water partition coefficient (Wildman–Crippen LogP) is 3.66. The Balaban J connectivity index is 1.78. The van der Waals surface area contributed by atoms with Gasteiger partial charge in [0, 0.05) is 41.3 Å². The summed E-state index contributed by atoms with van der Waals surface area (Å²) in [6.45, 7) is 0. The van der Waals surface area contributed by atoms with Crippen LogP contribution in [0.3, 0.4) is 0 Å². The third-order valence-electron chi connectivity index (χ3n) is 4.27. The van der Waals surface area contributed by atoms with Gasteiger partial charge in [-0.25, -0.2) is 4.98 Å². The molecule has 0 amide bonds. The molecule has 1 N–H and O–H groups in total. The van der Waals surface area contributed by atoms with Crippen molar-refractivity contribution in [3.05, 3.63) is 55.0 Å². The van der Waals surface area contributed by atoms with E-state index < -0.39 is 0 Å². The topological polar surface area (TPSA) is 59.4 Å². The normalized spacial score (nSPS) is 11.7. The first-order valence-corrected chi connectivity index (χ1v) is 7.44. The van der Waals surface area contributed by atoms with Crippen LogP contribution in [0.5, 0.6) is 0 Å². The fraction of sp³-hybridized carbons (Fsp3) is 0.0556. The average Bonchev–Trinajstić information content (AvgIpc) is 3.18. The van der Waals surface area contributed by atoms with E-state index in [1.165, 1.54) is 0 Å². The van der Waals surface area contributed by atoms with Crippen LogP contribution in [-0.2, 0) is 7.05 Å². The highest BCUT2D eigenvalue weighted by Crippen LogP contribution is 2.29. The van der Waals surface area contributed by atoms with Crippen molar-refractivity contribution >= 4 is 32.8 Å². The van der Waals surface area contributed by atoms with Gasteiger partial charge in [-0.15, -0.1) is 0 Å². The zero-order valence-corrected chi connectivity index (χ0v) is 12.5. The van der Waals surface area contributed by atoms with Crippen molar-refractivity contribution < 1.29 is 0 Å². The largest absolute Gasteiger partial charge is 0.339 e. The Bertz CT molecular complexity index is 1180. The maximum atomic E-state index is 4.51. The Morgan fingerprint density at radius 2 is 1.96 bits per heavy atom. The second-order valence-corrected chi connectivity index (χ2v) is 5.69. The minimum absolute atomic E-state index is 0.877. The quantitative estimate of drug-likeness (QED) is 0.514. The fourth-order valence-electron chi connectivity index (χ4n) is 3.14. The van der Waals surface area contributed by atoms with Crippen LogP contribution in [0.2, 0.25) is 0 Å². The van der Waals surface area contributed by atoms with Crippen molar-refractivity contribution in [2.75, 3.05) is 0 Å². The molecule has 110 valence electrons. The maximum absolute atomic E-state index is 4.51. The molecule has 0 saturated heterocycles. The molecule has 0 aliphatic carbocycles. The molecular weight excluding hydrogens is 286 g/mol. The summed E-state index contributed by atoms with van der Waals surface area (Å²) >= 11 is 0. The van der Waals surface area contributed by atoms with E-state index in [1.54, 1.807) is 0 Å². The highest BCUT2D eigenvalue weighted by atomic mass is 15.2. The summed E-state index contributed by atoms with van der Waals surface area (Å²) in [6.07, 6.45) is 5.51. The molecule has 5 nitrogen and oxygen atoms in total. The highest BCUT2D eigenvalue weighted by Gasteiger charge is 2.11. The van der Waals surface area contributed by atoms with E-state index in [-0.39, 0.29) is 0 Å². The van der Waals surface area contributed by atoms with Crippen molar-refractivity contribution in [3.8, 4) is 11.3 Å². The summed E-state index contributed by atoms with van der Waals surface area (Å²) in [4.78, 5) is 12.3. The molecule has 4 heterocycles. The van der Waals surface area contributed by atoms with Crippen LogP contribution in [0.15, 0.2) is 55.0 Å². The number of aromatic amines is 1. The van der Waals surface area contributed by atoms with E-state index in [2.05, 4.69) is 44.3 Å². The molecule has 0 unspecified atom stereocenters. The number of H-pyrrole nitrogens is 1. The number of aromatic nitrogens is 5. The summed E-state index contributed by atoms with van der Waals surface area (Å²) in [6, 6.07) is 12.4. The number of nitrogens with zero attached hydrogens (tertiary/aromatic N) is 4. The Labute approximate surface area is 131 Å². The first-order valence-electron chi connectivity index (χ1n) is 7.44. The van der Waals surface area contributed by atoms with E-state index in [0.717, 1.165) is 44.1 Å². The molecule has 23 heavy (non-hydrogen) atoms.